The van der Waals surface area contributed by atoms with E-state index in [-0.39, 0.29) is 6.42 Å². The summed E-state index contributed by atoms with van der Waals surface area (Å²) in [4.78, 5) is 0. The molecule has 0 spiro atoms. The molecule has 2 aromatic rings. The molecule has 0 amide bonds. The van der Waals surface area contributed by atoms with Gasteiger partial charge in [0, 0.05) is 0 Å². The molecule has 2 unspecified atom stereocenters. The van der Waals surface area contributed by atoms with Gasteiger partial charge < -0.3 is 10.2 Å². The molecule has 0 heterocycles. The number of hydrogen-bond acceptors (Lipinski definition) is 3. The summed E-state index contributed by atoms with van der Waals surface area (Å²) >= 11 is 0. The molecule has 0 fully saturated rings. The van der Waals surface area contributed by atoms with E-state index >= 15 is 0 Å². The molecule has 0 saturated carbocycles. The first-order valence-corrected chi connectivity index (χ1v) is 6.11. The normalized spacial score (nSPS) is 13.5. The zero-order valence-corrected chi connectivity index (χ0v) is 10.4. The molecule has 19 heavy (non-hydrogen) atoms. The Kier molecular flexibility index (Phi) is 4.30. The molecular weight excluding hydrogens is 238 g/mol. The van der Waals surface area contributed by atoms with Gasteiger partial charge in [0.25, 0.3) is 0 Å². The van der Waals surface area contributed by atoms with E-state index in [1.807, 2.05) is 54.6 Å². The molecule has 0 aliphatic carbocycles. The van der Waals surface area contributed by atoms with Crippen LogP contribution < -0.4 is 0 Å². The first-order chi connectivity index (χ1) is 9.24. The van der Waals surface area contributed by atoms with Crippen LogP contribution in [-0.2, 0) is 0 Å². The molecule has 3 heteroatoms. The fraction of sp³-hybridized carbons (Fsp3) is 0.188. The van der Waals surface area contributed by atoms with Crippen molar-refractivity contribution in [3.8, 4) is 17.2 Å². The SMILES string of the molecule is N#CCC(O)C(O)c1ccccc1-c1ccccc1. The van der Waals surface area contributed by atoms with Crippen LogP contribution in [0.1, 0.15) is 18.1 Å². The van der Waals surface area contributed by atoms with E-state index in [9.17, 15) is 10.2 Å². The summed E-state index contributed by atoms with van der Waals surface area (Å²) in [5.41, 5.74) is 2.48. The molecular formula is C16H15NO2. The second-order valence-corrected chi connectivity index (χ2v) is 4.33. The quantitative estimate of drug-likeness (QED) is 0.880. The van der Waals surface area contributed by atoms with Crippen molar-refractivity contribution in [2.45, 2.75) is 18.6 Å². The standard InChI is InChI=1S/C16H15NO2/c17-11-10-15(18)16(19)14-9-5-4-8-13(14)12-6-2-1-3-7-12/h1-9,15-16,18-19H,10H2. The highest BCUT2D eigenvalue weighted by molar-refractivity contribution is 5.67. The van der Waals surface area contributed by atoms with E-state index in [4.69, 9.17) is 5.26 Å². The molecule has 0 aliphatic heterocycles. The predicted molar refractivity (Wildman–Crippen MR) is 73.1 cm³/mol. The summed E-state index contributed by atoms with van der Waals surface area (Å²) < 4.78 is 0. The van der Waals surface area contributed by atoms with Crippen LogP contribution in [0.2, 0.25) is 0 Å². The van der Waals surface area contributed by atoms with Gasteiger partial charge in [0.05, 0.1) is 18.6 Å². The van der Waals surface area contributed by atoms with Gasteiger partial charge in [0.2, 0.25) is 0 Å². The van der Waals surface area contributed by atoms with Crippen molar-refractivity contribution in [3.05, 3.63) is 60.2 Å². The lowest BCUT2D eigenvalue weighted by Crippen LogP contribution is -2.18. The van der Waals surface area contributed by atoms with Crippen LogP contribution in [0.5, 0.6) is 0 Å². The van der Waals surface area contributed by atoms with Crippen LogP contribution >= 0.6 is 0 Å². The summed E-state index contributed by atoms with van der Waals surface area (Å²) in [5, 5.41) is 28.5. The van der Waals surface area contributed by atoms with Crippen molar-refractivity contribution in [1.29, 1.82) is 5.26 Å². The number of aliphatic hydroxyl groups is 2. The maximum absolute atomic E-state index is 10.2. The molecule has 2 rings (SSSR count). The predicted octanol–water partition coefficient (Wildman–Crippen LogP) is 2.66. The zero-order chi connectivity index (χ0) is 13.7. The van der Waals surface area contributed by atoms with Crippen LogP contribution in [-0.4, -0.2) is 16.3 Å². The Bertz CT molecular complexity index is 575. The Morgan fingerprint density at radius 3 is 2.26 bits per heavy atom. The Labute approximate surface area is 112 Å². The van der Waals surface area contributed by atoms with Crippen LogP contribution in [0, 0.1) is 11.3 Å². The van der Waals surface area contributed by atoms with Crippen LogP contribution in [0.25, 0.3) is 11.1 Å². The molecule has 0 radical (unpaired) electrons. The molecule has 0 bridgehead atoms. The monoisotopic (exact) mass is 253 g/mol. The summed E-state index contributed by atoms with van der Waals surface area (Å²) in [7, 11) is 0. The number of nitrogens with zero attached hydrogens (tertiary/aromatic N) is 1. The third-order valence-corrected chi connectivity index (χ3v) is 3.03. The summed E-state index contributed by atoms with van der Waals surface area (Å²) in [6.07, 6.45) is -2.23. The summed E-state index contributed by atoms with van der Waals surface area (Å²) in [6, 6.07) is 18.9. The molecule has 0 aliphatic rings. The van der Waals surface area contributed by atoms with Gasteiger partial charge in [-0.05, 0) is 16.7 Å². The van der Waals surface area contributed by atoms with Gasteiger partial charge in [0.15, 0.2) is 0 Å². The topological polar surface area (TPSA) is 64.2 Å². The molecule has 3 nitrogen and oxygen atoms in total. The van der Waals surface area contributed by atoms with Gasteiger partial charge in [-0.15, -0.1) is 0 Å². The molecule has 2 aromatic carbocycles. The summed E-state index contributed by atoms with van der Waals surface area (Å²) in [5.74, 6) is 0. The van der Waals surface area contributed by atoms with Gasteiger partial charge >= 0.3 is 0 Å². The van der Waals surface area contributed by atoms with Crippen molar-refractivity contribution < 1.29 is 10.2 Å². The highest BCUT2D eigenvalue weighted by Crippen LogP contribution is 2.30. The van der Waals surface area contributed by atoms with Crippen molar-refractivity contribution >= 4 is 0 Å². The molecule has 2 atom stereocenters. The van der Waals surface area contributed by atoms with Gasteiger partial charge in [-0.1, -0.05) is 54.6 Å². The van der Waals surface area contributed by atoms with Crippen molar-refractivity contribution in [1.82, 2.24) is 0 Å². The third-order valence-electron chi connectivity index (χ3n) is 3.03. The minimum absolute atomic E-state index is 0.0930. The molecule has 2 N–H and O–H groups in total. The van der Waals surface area contributed by atoms with Crippen molar-refractivity contribution in [2.24, 2.45) is 0 Å². The number of benzene rings is 2. The van der Waals surface area contributed by atoms with E-state index in [1.165, 1.54) is 0 Å². The number of rotatable bonds is 4. The first kappa shape index (κ1) is 13.3. The third kappa shape index (κ3) is 3.00. The van der Waals surface area contributed by atoms with E-state index < -0.39 is 12.2 Å². The van der Waals surface area contributed by atoms with Crippen LogP contribution in [0.3, 0.4) is 0 Å². The lowest BCUT2D eigenvalue weighted by molar-refractivity contribution is 0.0220. The minimum atomic E-state index is -1.07. The Morgan fingerprint density at radius 2 is 1.58 bits per heavy atom. The maximum Gasteiger partial charge on any atom is 0.106 e. The number of hydrogen-bond donors (Lipinski definition) is 2. The van der Waals surface area contributed by atoms with Gasteiger partial charge in [-0.3, -0.25) is 0 Å². The lowest BCUT2D eigenvalue weighted by Gasteiger charge is -2.19. The maximum atomic E-state index is 10.2. The fourth-order valence-electron chi connectivity index (χ4n) is 2.05. The fourth-order valence-corrected chi connectivity index (χ4v) is 2.05. The van der Waals surface area contributed by atoms with Crippen molar-refractivity contribution in [2.75, 3.05) is 0 Å². The van der Waals surface area contributed by atoms with Crippen LogP contribution in [0.4, 0.5) is 0 Å². The zero-order valence-electron chi connectivity index (χ0n) is 10.4. The van der Waals surface area contributed by atoms with Gasteiger partial charge in [0.1, 0.15) is 6.10 Å². The second-order valence-electron chi connectivity index (χ2n) is 4.33. The first-order valence-electron chi connectivity index (χ1n) is 6.11. The highest BCUT2D eigenvalue weighted by atomic mass is 16.3. The van der Waals surface area contributed by atoms with Gasteiger partial charge in [-0.25, -0.2) is 0 Å². The number of nitriles is 1. The molecule has 96 valence electrons. The van der Waals surface area contributed by atoms with Crippen molar-refractivity contribution in [3.63, 3.8) is 0 Å². The van der Waals surface area contributed by atoms with Gasteiger partial charge in [-0.2, -0.15) is 5.26 Å². The smallest absolute Gasteiger partial charge is 0.106 e. The second kappa shape index (κ2) is 6.14. The van der Waals surface area contributed by atoms with E-state index in [1.54, 1.807) is 6.07 Å². The lowest BCUT2D eigenvalue weighted by atomic mass is 9.93. The average molecular weight is 253 g/mol. The van der Waals surface area contributed by atoms with E-state index in [0.29, 0.717) is 5.56 Å². The highest BCUT2D eigenvalue weighted by Gasteiger charge is 2.20. The van der Waals surface area contributed by atoms with E-state index in [0.717, 1.165) is 11.1 Å². The Morgan fingerprint density at radius 1 is 0.947 bits per heavy atom. The minimum Gasteiger partial charge on any atom is -0.389 e. The summed E-state index contributed by atoms with van der Waals surface area (Å²) in [6.45, 7) is 0. The van der Waals surface area contributed by atoms with E-state index in [2.05, 4.69) is 0 Å². The Balaban J connectivity index is 2.40. The largest absolute Gasteiger partial charge is 0.389 e. The molecule has 0 aromatic heterocycles. The van der Waals surface area contributed by atoms with Crippen LogP contribution in [0.15, 0.2) is 54.6 Å². The Hall–Kier alpha value is -2.15. The average Bonchev–Trinajstić information content (AvgIpc) is 2.47. The molecule has 0 saturated heterocycles. The number of aliphatic hydroxyl groups excluding tert-OH is 2.